The lowest BCUT2D eigenvalue weighted by molar-refractivity contribution is -0.113. The van der Waals surface area contributed by atoms with E-state index in [1.165, 1.54) is 16.7 Å². The summed E-state index contributed by atoms with van der Waals surface area (Å²) in [5.74, 6) is 1.19. The fourth-order valence-corrected chi connectivity index (χ4v) is 4.81. The molecule has 0 atom stereocenters. The number of para-hydroxylation sites is 2. The number of hydrogen-bond donors (Lipinski definition) is 0. The zero-order valence-electron chi connectivity index (χ0n) is 16.7. The van der Waals surface area contributed by atoms with E-state index < -0.39 is 0 Å². The lowest BCUT2D eigenvalue weighted by atomic mass is 10.2. The molecule has 0 bridgehead atoms. The first-order chi connectivity index (χ1) is 15.5. The summed E-state index contributed by atoms with van der Waals surface area (Å²) < 4.78 is 12.0. The van der Waals surface area contributed by atoms with Crippen LogP contribution in [0.1, 0.15) is 5.56 Å². The molecule has 1 aliphatic heterocycles. The Hall–Kier alpha value is -2.51. The first kappa shape index (κ1) is 22.7. The molecule has 0 aliphatic carbocycles. The van der Waals surface area contributed by atoms with E-state index in [2.05, 4.69) is 0 Å². The minimum absolute atomic E-state index is 0.244. The number of carbonyl (C=O) groups excluding carboxylic acids is 1. The summed E-state index contributed by atoms with van der Waals surface area (Å²) in [4.78, 5) is 15.0. The third-order valence-electron chi connectivity index (χ3n) is 4.50. The van der Waals surface area contributed by atoms with Crippen LogP contribution in [0.25, 0.3) is 6.08 Å². The predicted molar refractivity (Wildman–Crippen MR) is 136 cm³/mol. The van der Waals surface area contributed by atoms with E-state index in [1.54, 1.807) is 24.3 Å². The van der Waals surface area contributed by atoms with Gasteiger partial charge in [-0.05, 0) is 42.5 Å². The summed E-state index contributed by atoms with van der Waals surface area (Å²) in [5.41, 5.74) is 1.28. The number of amides is 1. The van der Waals surface area contributed by atoms with Crippen LogP contribution in [0.15, 0.2) is 77.7 Å². The monoisotopic (exact) mass is 501 g/mol. The number of rotatable bonds is 7. The standard InChI is InChI=1S/C24H17Cl2NO3S2/c25-17-10-11-20(19(26)15-17)27-23(28)22(32-24(27)31)14-16-6-4-5-9-21(16)30-13-12-29-18-7-2-1-3-8-18/h1-11,14-15H,12-13H2/b22-14-. The molecule has 1 fully saturated rings. The lowest BCUT2D eigenvalue weighted by Crippen LogP contribution is -2.27. The van der Waals surface area contributed by atoms with Gasteiger partial charge in [-0.15, -0.1) is 0 Å². The molecule has 0 unspecified atom stereocenters. The first-order valence-electron chi connectivity index (χ1n) is 9.65. The number of thioether (sulfide) groups is 1. The Morgan fingerprint density at radius 2 is 1.66 bits per heavy atom. The molecule has 3 aromatic carbocycles. The topological polar surface area (TPSA) is 38.8 Å². The summed E-state index contributed by atoms with van der Waals surface area (Å²) in [6.07, 6.45) is 1.77. The number of anilines is 1. The van der Waals surface area contributed by atoms with E-state index in [4.69, 9.17) is 44.9 Å². The highest BCUT2D eigenvalue weighted by Gasteiger charge is 2.34. The summed E-state index contributed by atoms with van der Waals surface area (Å²) in [6.45, 7) is 0.761. The van der Waals surface area contributed by atoms with E-state index in [0.717, 1.165) is 11.3 Å². The maximum atomic E-state index is 13.1. The molecule has 1 aliphatic rings. The van der Waals surface area contributed by atoms with Gasteiger partial charge < -0.3 is 9.47 Å². The largest absolute Gasteiger partial charge is 0.490 e. The molecule has 4 rings (SSSR count). The fourth-order valence-electron chi connectivity index (χ4n) is 3.04. The minimum atomic E-state index is -0.244. The highest BCUT2D eigenvalue weighted by molar-refractivity contribution is 8.27. The van der Waals surface area contributed by atoms with Gasteiger partial charge in [0.15, 0.2) is 4.32 Å². The van der Waals surface area contributed by atoms with Crippen molar-refractivity contribution < 1.29 is 14.3 Å². The van der Waals surface area contributed by atoms with Gasteiger partial charge in [-0.25, -0.2) is 0 Å². The molecule has 8 heteroatoms. The fraction of sp³-hybridized carbons (Fsp3) is 0.0833. The van der Waals surface area contributed by atoms with Gasteiger partial charge in [-0.3, -0.25) is 9.69 Å². The highest BCUT2D eigenvalue weighted by Crippen LogP contribution is 2.40. The Balaban J connectivity index is 1.48. The Bertz CT molecular complexity index is 1180. The number of benzene rings is 3. The van der Waals surface area contributed by atoms with Crippen LogP contribution in [0.3, 0.4) is 0 Å². The van der Waals surface area contributed by atoms with Crippen molar-refractivity contribution in [3.8, 4) is 11.5 Å². The van der Waals surface area contributed by atoms with Gasteiger partial charge in [-0.2, -0.15) is 0 Å². The molecule has 0 aromatic heterocycles. The number of hydrogen-bond acceptors (Lipinski definition) is 5. The van der Waals surface area contributed by atoms with E-state index in [1.807, 2.05) is 54.6 Å². The van der Waals surface area contributed by atoms with Crippen molar-refractivity contribution in [3.05, 3.63) is 93.3 Å². The average molecular weight is 502 g/mol. The second-order valence-electron chi connectivity index (χ2n) is 6.66. The van der Waals surface area contributed by atoms with E-state index in [0.29, 0.717) is 43.9 Å². The van der Waals surface area contributed by atoms with Crippen molar-refractivity contribution >= 4 is 69.2 Å². The SMILES string of the molecule is O=C1/C(=C/c2ccccc2OCCOc2ccccc2)SC(=S)N1c1ccc(Cl)cc1Cl. The van der Waals surface area contributed by atoms with Crippen LogP contribution in [0, 0.1) is 0 Å². The second kappa shape index (κ2) is 10.4. The second-order valence-corrected chi connectivity index (χ2v) is 9.18. The van der Waals surface area contributed by atoms with Crippen molar-refractivity contribution in [1.29, 1.82) is 0 Å². The molecule has 1 saturated heterocycles. The average Bonchev–Trinajstić information content (AvgIpc) is 3.06. The Kier molecular flexibility index (Phi) is 7.37. The van der Waals surface area contributed by atoms with Gasteiger partial charge in [0.1, 0.15) is 24.7 Å². The molecule has 0 radical (unpaired) electrons. The minimum Gasteiger partial charge on any atom is -0.490 e. The molecule has 32 heavy (non-hydrogen) atoms. The molecule has 0 saturated carbocycles. The molecule has 0 N–H and O–H groups in total. The van der Waals surface area contributed by atoms with Crippen molar-refractivity contribution in [2.45, 2.75) is 0 Å². The normalized spacial score (nSPS) is 14.8. The number of halogens is 2. The number of carbonyl (C=O) groups is 1. The Morgan fingerprint density at radius 3 is 2.44 bits per heavy atom. The molecule has 1 amide bonds. The van der Waals surface area contributed by atoms with Crippen LogP contribution in [0.2, 0.25) is 10.0 Å². The van der Waals surface area contributed by atoms with E-state index in [9.17, 15) is 4.79 Å². The molecular weight excluding hydrogens is 485 g/mol. The Morgan fingerprint density at radius 1 is 0.938 bits per heavy atom. The van der Waals surface area contributed by atoms with Crippen LogP contribution in [-0.2, 0) is 4.79 Å². The maximum Gasteiger partial charge on any atom is 0.270 e. The van der Waals surface area contributed by atoms with Crippen LogP contribution in [-0.4, -0.2) is 23.4 Å². The van der Waals surface area contributed by atoms with Crippen molar-refractivity contribution in [2.24, 2.45) is 0 Å². The smallest absolute Gasteiger partial charge is 0.270 e. The Labute approximate surface area is 205 Å². The molecule has 3 aromatic rings. The zero-order chi connectivity index (χ0) is 22.5. The van der Waals surface area contributed by atoms with Gasteiger partial charge in [0.05, 0.1) is 15.6 Å². The van der Waals surface area contributed by atoms with Gasteiger partial charge in [-0.1, -0.05) is 83.6 Å². The number of ether oxygens (including phenoxy) is 2. The molecule has 1 heterocycles. The lowest BCUT2D eigenvalue weighted by Gasteiger charge is -2.16. The van der Waals surface area contributed by atoms with Crippen molar-refractivity contribution in [2.75, 3.05) is 18.1 Å². The summed E-state index contributed by atoms with van der Waals surface area (Å²) in [6, 6.07) is 22.0. The van der Waals surface area contributed by atoms with Crippen LogP contribution < -0.4 is 14.4 Å². The first-order valence-corrected chi connectivity index (χ1v) is 11.6. The predicted octanol–water partition coefficient (Wildman–Crippen LogP) is 6.86. The number of thiocarbonyl (C=S) groups is 1. The quantitative estimate of drug-likeness (QED) is 0.201. The van der Waals surface area contributed by atoms with Crippen LogP contribution >= 0.6 is 47.2 Å². The molecule has 162 valence electrons. The number of nitrogens with zero attached hydrogens (tertiary/aromatic N) is 1. The highest BCUT2D eigenvalue weighted by atomic mass is 35.5. The molecule has 0 spiro atoms. The maximum absolute atomic E-state index is 13.1. The van der Waals surface area contributed by atoms with Gasteiger partial charge in [0, 0.05) is 10.6 Å². The summed E-state index contributed by atoms with van der Waals surface area (Å²) >= 11 is 18.9. The zero-order valence-corrected chi connectivity index (χ0v) is 19.8. The molecule has 4 nitrogen and oxygen atoms in total. The van der Waals surface area contributed by atoms with Crippen molar-refractivity contribution in [1.82, 2.24) is 0 Å². The van der Waals surface area contributed by atoms with Gasteiger partial charge in [0.25, 0.3) is 5.91 Å². The van der Waals surface area contributed by atoms with Crippen molar-refractivity contribution in [3.63, 3.8) is 0 Å². The van der Waals surface area contributed by atoms with Crippen LogP contribution in [0.5, 0.6) is 11.5 Å². The summed E-state index contributed by atoms with van der Waals surface area (Å²) in [5, 5.41) is 0.847. The van der Waals surface area contributed by atoms with E-state index >= 15 is 0 Å². The van der Waals surface area contributed by atoms with Crippen LogP contribution in [0.4, 0.5) is 5.69 Å². The van der Waals surface area contributed by atoms with Gasteiger partial charge >= 0.3 is 0 Å². The summed E-state index contributed by atoms with van der Waals surface area (Å²) in [7, 11) is 0. The molecular formula is C24H17Cl2NO3S2. The van der Waals surface area contributed by atoms with Gasteiger partial charge in [0.2, 0.25) is 0 Å². The third-order valence-corrected chi connectivity index (χ3v) is 6.34. The van der Waals surface area contributed by atoms with E-state index in [-0.39, 0.29) is 5.91 Å². The third kappa shape index (κ3) is 5.27.